The summed E-state index contributed by atoms with van der Waals surface area (Å²) >= 11 is 0. The molecule has 1 fully saturated rings. The number of imidazole rings is 1. The molecule has 162 valence electrons. The van der Waals surface area contributed by atoms with Crippen molar-refractivity contribution in [3.8, 4) is 11.4 Å². The largest absolute Gasteiger partial charge is 0.404 e. The molecule has 1 amide bonds. The molecule has 0 spiro atoms. The maximum atomic E-state index is 11.0. The summed E-state index contributed by atoms with van der Waals surface area (Å²) in [6.45, 7) is 4.87. The molecule has 1 saturated heterocycles. The Morgan fingerprint density at radius 1 is 1.32 bits per heavy atom. The molecule has 0 bridgehead atoms. The van der Waals surface area contributed by atoms with Gasteiger partial charge in [0.2, 0.25) is 0 Å². The maximum Gasteiger partial charge on any atom is 0.266 e. The van der Waals surface area contributed by atoms with Gasteiger partial charge >= 0.3 is 0 Å². The third-order valence-electron chi connectivity index (χ3n) is 5.12. The second-order valence-corrected chi connectivity index (χ2v) is 7.30. The van der Waals surface area contributed by atoms with Gasteiger partial charge < -0.3 is 32.1 Å². The van der Waals surface area contributed by atoms with Gasteiger partial charge in [0.15, 0.2) is 0 Å². The number of hydrogen-bond acceptors (Lipinski definition) is 9. The highest BCUT2D eigenvalue weighted by Gasteiger charge is 2.33. The van der Waals surface area contributed by atoms with Crippen molar-refractivity contribution in [2.45, 2.75) is 32.0 Å². The van der Waals surface area contributed by atoms with Crippen LogP contribution in [0.25, 0.3) is 17.5 Å². The van der Waals surface area contributed by atoms with Crippen molar-refractivity contribution in [1.29, 1.82) is 10.8 Å². The molecule has 2 aromatic heterocycles. The van der Waals surface area contributed by atoms with Crippen LogP contribution in [0.1, 0.15) is 19.7 Å². The Morgan fingerprint density at radius 3 is 2.77 bits per heavy atom. The van der Waals surface area contributed by atoms with E-state index in [1.54, 1.807) is 6.20 Å². The van der Waals surface area contributed by atoms with Crippen molar-refractivity contribution < 1.29 is 4.79 Å². The van der Waals surface area contributed by atoms with Crippen molar-refractivity contribution in [2.75, 3.05) is 11.4 Å². The molecule has 0 radical (unpaired) electrons. The number of aromatic nitrogens is 4. The summed E-state index contributed by atoms with van der Waals surface area (Å²) in [5.41, 5.74) is 12.5. The van der Waals surface area contributed by atoms with Gasteiger partial charge in [0, 0.05) is 42.7 Å². The fraction of sp³-hybridized carbons (Fsp3) is 0.300. The Kier molecular flexibility index (Phi) is 6.55. The molecule has 3 atom stereocenters. The molecule has 31 heavy (non-hydrogen) atoms. The third kappa shape index (κ3) is 4.83. The first-order chi connectivity index (χ1) is 14.8. The molecule has 0 aromatic carbocycles. The zero-order valence-electron chi connectivity index (χ0n) is 17.3. The summed E-state index contributed by atoms with van der Waals surface area (Å²) in [5.74, 6) is 0.408. The van der Waals surface area contributed by atoms with E-state index in [1.165, 1.54) is 30.9 Å². The van der Waals surface area contributed by atoms with Crippen molar-refractivity contribution in [1.82, 2.24) is 25.3 Å². The van der Waals surface area contributed by atoms with Crippen molar-refractivity contribution in [3.05, 3.63) is 42.3 Å². The second-order valence-electron chi connectivity index (χ2n) is 7.30. The molecule has 2 aromatic rings. The standard InChI is InChI=1S/C20H26N10O/c1-11-9-30(12(2)19(28-11)13(6-21)7-22)18-5-15(26-10-27-18)16-8-25-17(29-16)4-3-14(23)20(24)31/h3-8,10-12,19,21,23,28H,9,22H2,1-2H3,(H2,24,31)(H,25,29)/b4-3-,13-7+,21-6?,23-14?. The molecule has 3 unspecified atom stereocenters. The molecule has 3 heterocycles. The topological polar surface area (TPSA) is 187 Å². The van der Waals surface area contributed by atoms with Gasteiger partial charge in [-0.05, 0) is 26.0 Å². The van der Waals surface area contributed by atoms with Crippen LogP contribution in [-0.4, -0.2) is 62.4 Å². The zero-order chi connectivity index (χ0) is 22.5. The van der Waals surface area contributed by atoms with E-state index in [-0.39, 0.29) is 23.8 Å². The summed E-state index contributed by atoms with van der Waals surface area (Å²) in [5, 5.41) is 18.6. The number of aromatic amines is 1. The minimum absolute atomic E-state index is 0.00965. The number of nitrogens with two attached hydrogens (primary N) is 2. The van der Waals surface area contributed by atoms with Gasteiger partial charge in [0.05, 0.1) is 23.6 Å². The average Bonchev–Trinajstić information content (AvgIpc) is 3.24. The Labute approximate surface area is 179 Å². The van der Waals surface area contributed by atoms with E-state index in [9.17, 15) is 4.79 Å². The van der Waals surface area contributed by atoms with Crippen molar-refractivity contribution in [3.63, 3.8) is 0 Å². The molecule has 3 rings (SSSR count). The predicted molar refractivity (Wildman–Crippen MR) is 120 cm³/mol. The monoisotopic (exact) mass is 422 g/mol. The Hall–Kier alpha value is -3.86. The van der Waals surface area contributed by atoms with E-state index in [1.807, 2.05) is 6.07 Å². The smallest absolute Gasteiger partial charge is 0.266 e. The first-order valence-electron chi connectivity index (χ1n) is 9.72. The molecule has 1 aliphatic rings. The number of nitrogens with one attached hydrogen (secondary N) is 4. The van der Waals surface area contributed by atoms with Crippen LogP contribution >= 0.6 is 0 Å². The predicted octanol–water partition coefficient (Wildman–Crippen LogP) is 0.432. The highest BCUT2D eigenvalue weighted by atomic mass is 16.1. The number of anilines is 1. The fourth-order valence-electron chi connectivity index (χ4n) is 3.51. The summed E-state index contributed by atoms with van der Waals surface area (Å²) < 4.78 is 0. The Bertz CT molecular complexity index is 1040. The quantitative estimate of drug-likeness (QED) is 0.349. The minimum Gasteiger partial charge on any atom is -0.404 e. The lowest BCUT2D eigenvalue weighted by atomic mass is 9.95. The highest BCUT2D eigenvalue weighted by molar-refractivity contribution is 6.42. The number of carbonyl (C=O) groups is 1. The lowest BCUT2D eigenvalue weighted by molar-refractivity contribution is -0.111. The van der Waals surface area contributed by atoms with Gasteiger partial charge in [-0.3, -0.25) is 10.2 Å². The Morgan fingerprint density at radius 2 is 2.10 bits per heavy atom. The third-order valence-corrected chi connectivity index (χ3v) is 5.12. The van der Waals surface area contributed by atoms with Gasteiger partial charge in [-0.25, -0.2) is 15.0 Å². The van der Waals surface area contributed by atoms with Gasteiger partial charge in [-0.2, -0.15) is 0 Å². The van der Waals surface area contributed by atoms with Gasteiger partial charge in [0.25, 0.3) is 5.91 Å². The first-order valence-corrected chi connectivity index (χ1v) is 9.72. The summed E-state index contributed by atoms with van der Waals surface area (Å²) in [7, 11) is 0. The zero-order valence-corrected chi connectivity index (χ0v) is 17.3. The summed E-state index contributed by atoms with van der Waals surface area (Å²) in [4.78, 5) is 29.2. The average molecular weight is 422 g/mol. The van der Waals surface area contributed by atoms with Crippen LogP contribution in [0, 0.1) is 10.8 Å². The molecule has 8 N–H and O–H groups in total. The second kappa shape index (κ2) is 9.30. The molecule has 11 heteroatoms. The molecule has 1 aliphatic heterocycles. The number of primary amides is 1. The van der Waals surface area contributed by atoms with Gasteiger partial charge in [0.1, 0.15) is 23.7 Å². The number of rotatable bonds is 7. The van der Waals surface area contributed by atoms with Crippen LogP contribution < -0.4 is 21.7 Å². The first kappa shape index (κ1) is 21.8. The van der Waals surface area contributed by atoms with Crippen LogP contribution in [0.4, 0.5) is 5.82 Å². The Balaban J connectivity index is 1.85. The highest BCUT2D eigenvalue weighted by Crippen LogP contribution is 2.25. The molecule has 0 saturated carbocycles. The van der Waals surface area contributed by atoms with E-state index < -0.39 is 5.91 Å². The molecule has 11 nitrogen and oxygen atoms in total. The van der Waals surface area contributed by atoms with Gasteiger partial charge in [-0.15, -0.1) is 0 Å². The minimum atomic E-state index is -0.809. The normalized spacial score (nSPS) is 21.9. The molecular formula is C20H26N10O. The number of amides is 1. The number of nitrogens with zero attached hydrogens (tertiary/aromatic N) is 4. The number of hydrogen-bond donors (Lipinski definition) is 6. The van der Waals surface area contributed by atoms with E-state index in [4.69, 9.17) is 22.3 Å². The molecular weight excluding hydrogens is 396 g/mol. The van der Waals surface area contributed by atoms with E-state index in [2.05, 4.69) is 44.0 Å². The van der Waals surface area contributed by atoms with Crippen molar-refractivity contribution >= 4 is 29.7 Å². The van der Waals surface area contributed by atoms with Crippen LogP contribution in [-0.2, 0) is 4.79 Å². The van der Waals surface area contributed by atoms with Crippen LogP contribution in [0.2, 0.25) is 0 Å². The van der Waals surface area contributed by atoms with Crippen LogP contribution in [0.5, 0.6) is 0 Å². The lowest BCUT2D eigenvalue weighted by Crippen LogP contribution is -2.61. The lowest BCUT2D eigenvalue weighted by Gasteiger charge is -2.44. The van der Waals surface area contributed by atoms with Gasteiger partial charge in [-0.1, -0.05) is 0 Å². The number of piperazine rings is 1. The van der Waals surface area contributed by atoms with Crippen LogP contribution in [0.15, 0.2) is 36.4 Å². The number of H-pyrrole nitrogens is 1. The van der Waals surface area contributed by atoms with Crippen molar-refractivity contribution in [2.24, 2.45) is 11.5 Å². The van der Waals surface area contributed by atoms with E-state index in [0.29, 0.717) is 22.8 Å². The number of carbonyl (C=O) groups excluding carboxylic acids is 1. The molecule has 0 aliphatic carbocycles. The SMILES string of the molecule is CC1CN(c2cc(-c3cnc(/C=C\C(=N)C(N)=O)[nH]3)ncn2)C(C)C(/C(C=N)=C/N)N1. The maximum absolute atomic E-state index is 11.0. The summed E-state index contributed by atoms with van der Waals surface area (Å²) in [6.07, 6.45) is 8.63. The van der Waals surface area contributed by atoms with E-state index >= 15 is 0 Å². The van der Waals surface area contributed by atoms with Crippen LogP contribution in [0.3, 0.4) is 0 Å². The fourth-order valence-corrected chi connectivity index (χ4v) is 3.51. The summed E-state index contributed by atoms with van der Waals surface area (Å²) in [6, 6.07) is 1.94. The van der Waals surface area contributed by atoms with E-state index in [0.717, 1.165) is 12.4 Å².